The largest absolute Gasteiger partial charge is 0.373 e. The number of nitrogens with one attached hydrogen (secondary N) is 2. The summed E-state index contributed by atoms with van der Waals surface area (Å²) in [7, 11) is 1.83. The molecule has 0 amide bonds. The highest BCUT2D eigenvalue weighted by molar-refractivity contribution is 14.0. The van der Waals surface area contributed by atoms with E-state index in [1.54, 1.807) is 0 Å². The van der Waals surface area contributed by atoms with Gasteiger partial charge in [-0.1, -0.05) is 18.2 Å². The summed E-state index contributed by atoms with van der Waals surface area (Å²) in [6.07, 6.45) is 6.08. The number of halogens is 1. The van der Waals surface area contributed by atoms with Gasteiger partial charge in [0.15, 0.2) is 5.96 Å². The van der Waals surface area contributed by atoms with E-state index in [-0.39, 0.29) is 30.1 Å². The number of hydrogen-bond donors (Lipinski definition) is 2. The standard InChI is InChI=1S/C21H31N5O.HI/c1-22-21(24-14-19-15-26-11-4-7-18(26)16-27-19)23-10-5-12-25-13-9-17-6-2-3-8-20(17)25;/h2-3,6,8-9,13,18-19H,4-5,7,10-12,14-16H2,1H3,(H2,22,23,24);1H. The van der Waals surface area contributed by atoms with Gasteiger partial charge >= 0.3 is 0 Å². The van der Waals surface area contributed by atoms with Crippen LogP contribution in [0.5, 0.6) is 0 Å². The number of fused-ring (bicyclic) bond motifs is 2. The molecule has 7 heteroatoms. The van der Waals surface area contributed by atoms with Gasteiger partial charge in [0.1, 0.15) is 0 Å². The number of guanidine groups is 1. The molecule has 154 valence electrons. The van der Waals surface area contributed by atoms with Crippen LogP contribution >= 0.6 is 24.0 Å². The van der Waals surface area contributed by atoms with E-state index < -0.39 is 0 Å². The first-order valence-corrected chi connectivity index (χ1v) is 10.2. The van der Waals surface area contributed by atoms with Crippen molar-refractivity contribution >= 4 is 40.8 Å². The van der Waals surface area contributed by atoms with Crippen LogP contribution in [0.25, 0.3) is 10.9 Å². The molecule has 4 rings (SSSR count). The van der Waals surface area contributed by atoms with Gasteiger partial charge in [-0.2, -0.15) is 0 Å². The lowest BCUT2D eigenvalue weighted by Crippen LogP contribution is -2.51. The Morgan fingerprint density at radius 1 is 1.25 bits per heavy atom. The molecular weight excluding hydrogens is 465 g/mol. The van der Waals surface area contributed by atoms with Crippen LogP contribution in [-0.4, -0.2) is 67.4 Å². The van der Waals surface area contributed by atoms with E-state index in [0.29, 0.717) is 6.04 Å². The van der Waals surface area contributed by atoms with Gasteiger partial charge in [-0.3, -0.25) is 9.89 Å². The van der Waals surface area contributed by atoms with Crippen molar-refractivity contribution < 1.29 is 4.74 Å². The molecule has 0 aliphatic carbocycles. The Kier molecular flexibility index (Phi) is 7.99. The number of aryl methyl sites for hydroxylation is 1. The summed E-state index contributed by atoms with van der Waals surface area (Å²) in [4.78, 5) is 6.92. The molecule has 2 N–H and O–H groups in total. The Bertz CT molecular complexity index is 777. The number of benzene rings is 1. The lowest BCUT2D eigenvalue weighted by atomic mass is 10.2. The van der Waals surface area contributed by atoms with Gasteiger partial charge in [-0.15, -0.1) is 24.0 Å². The second-order valence-corrected chi connectivity index (χ2v) is 7.55. The van der Waals surface area contributed by atoms with Gasteiger partial charge in [0.25, 0.3) is 0 Å². The quantitative estimate of drug-likeness (QED) is 0.279. The van der Waals surface area contributed by atoms with Gasteiger partial charge < -0.3 is 19.9 Å². The normalized spacial score (nSPS) is 22.7. The second kappa shape index (κ2) is 10.5. The third-order valence-corrected chi connectivity index (χ3v) is 5.73. The summed E-state index contributed by atoms with van der Waals surface area (Å²) in [6, 6.07) is 11.4. The number of rotatable bonds is 6. The van der Waals surface area contributed by atoms with Crippen molar-refractivity contribution in [2.24, 2.45) is 4.99 Å². The van der Waals surface area contributed by atoms with Crippen LogP contribution in [0, 0.1) is 0 Å². The maximum absolute atomic E-state index is 6.01. The zero-order valence-electron chi connectivity index (χ0n) is 16.6. The predicted octanol–water partition coefficient (Wildman–Crippen LogP) is 2.68. The molecule has 0 radical (unpaired) electrons. The first-order chi connectivity index (χ1) is 13.3. The molecule has 0 bridgehead atoms. The number of para-hydroxylation sites is 1. The molecule has 1 aromatic heterocycles. The highest BCUT2D eigenvalue weighted by atomic mass is 127. The number of ether oxygens (including phenoxy) is 1. The Labute approximate surface area is 184 Å². The Hall–Kier alpha value is -1.32. The fourth-order valence-corrected chi connectivity index (χ4v) is 4.23. The molecule has 3 heterocycles. The van der Waals surface area contributed by atoms with Crippen LogP contribution in [0.4, 0.5) is 0 Å². The van der Waals surface area contributed by atoms with Crippen LogP contribution in [0.1, 0.15) is 19.3 Å². The van der Waals surface area contributed by atoms with E-state index in [0.717, 1.165) is 45.2 Å². The second-order valence-electron chi connectivity index (χ2n) is 7.55. The first kappa shape index (κ1) is 21.4. The van der Waals surface area contributed by atoms with E-state index in [1.165, 1.54) is 30.3 Å². The minimum absolute atomic E-state index is 0. The highest BCUT2D eigenvalue weighted by Gasteiger charge is 2.32. The van der Waals surface area contributed by atoms with E-state index in [4.69, 9.17) is 4.74 Å². The van der Waals surface area contributed by atoms with Crippen molar-refractivity contribution in [2.45, 2.75) is 38.0 Å². The Balaban J connectivity index is 0.00000225. The monoisotopic (exact) mass is 497 g/mol. The fourth-order valence-electron chi connectivity index (χ4n) is 4.23. The van der Waals surface area contributed by atoms with Crippen LogP contribution in [-0.2, 0) is 11.3 Å². The van der Waals surface area contributed by atoms with E-state index >= 15 is 0 Å². The molecular formula is C21H32IN5O. The minimum Gasteiger partial charge on any atom is -0.373 e. The smallest absolute Gasteiger partial charge is 0.191 e. The van der Waals surface area contributed by atoms with Crippen molar-refractivity contribution in [1.29, 1.82) is 0 Å². The lowest BCUT2D eigenvalue weighted by molar-refractivity contribution is -0.0453. The predicted molar refractivity (Wildman–Crippen MR) is 126 cm³/mol. The van der Waals surface area contributed by atoms with Crippen molar-refractivity contribution in [3.05, 3.63) is 36.5 Å². The molecule has 2 aromatic rings. The molecule has 28 heavy (non-hydrogen) atoms. The fraction of sp³-hybridized carbons (Fsp3) is 0.571. The number of aromatic nitrogens is 1. The Morgan fingerprint density at radius 3 is 3.04 bits per heavy atom. The van der Waals surface area contributed by atoms with Crippen LogP contribution in [0.3, 0.4) is 0 Å². The van der Waals surface area contributed by atoms with Crippen molar-refractivity contribution in [2.75, 3.05) is 39.8 Å². The summed E-state index contributed by atoms with van der Waals surface area (Å²) in [5.74, 6) is 0.861. The molecule has 0 spiro atoms. The molecule has 2 atom stereocenters. The number of aliphatic imine (C=N–C) groups is 1. The summed E-state index contributed by atoms with van der Waals surface area (Å²) in [5.41, 5.74) is 1.30. The third-order valence-electron chi connectivity index (χ3n) is 5.73. The van der Waals surface area contributed by atoms with Crippen LogP contribution in [0.2, 0.25) is 0 Å². The summed E-state index contributed by atoms with van der Waals surface area (Å²) in [5, 5.41) is 8.15. The van der Waals surface area contributed by atoms with E-state index in [1.807, 2.05) is 7.05 Å². The van der Waals surface area contributed by atoms with Gasteiger partial charge in [-0.25, -0.2) is 0 Å². The lowest BCUT2D eigenvalue weighted by Gasteiger charge is -2.35. The summed E-state index contributed by atoms with van der Waals surface area (Å²) < 4.78 is 8.33. The van der Waals surface area contributed by atoms with Crippen LogP contribution in [0.15, 0.2) is 41.5 Å². The molecule has 2 unspecified atom stereocenters. The molecule has 2 aliphatic heterocycles. The minimum atomic E-state index is 0. The first-order valence-electron chi connectivity index (χ1n) is 10.2. The SMILES string of the molecule is CN=C(NCCCn1ccc2ccccc21)NCC1CN2CCCC2CO1.I. The summed E-state index contributed by atoms with van der Waals surface area (Å²) in [6.45, 7) is 5.85. The highest BCUT2D eigenvalue weighted by Crippen LogP contribution is 2.22. The third kappa shape index (κ3) is 5.18. The van der Waals surface area contributed by atoms with Gasteiger partial charge in [0.05, 0.1) is 12.7 Å². The van der Waals surface area contributed by atoms with Gasteiger partial charge in [0.2, 0.25) is 0 Å². The maximum Gasteiger partial charge on any atom is 0.191 e. The molecule has 2 aliphatic rings. The number of morpholine rings is 1. The molecule has 6 nitrogen and oxygen atoms in total. The Morgan fingerprint density at radius 2 is 2.14 bits per heavy atom. The van der Waals surface area contributed by atoms with Crippen molar-refractivity contribution in [1.82, 2.24) is 20.1 Å². The summed E-state index contributed by atoms with van der Waals surface area (Å²) >= 11 is 0. The van der Waals surface area contributed by atoms with Gasteiger partial charge in [-0.05, 0) is 43.3 Å². The zero-order chi connectivity index (χ0) is 18.5. The van der Waals surface area contributed by atoms with Crippen molar-refractivity contribution in [3.8, 4) is 0 Å². The maximum atomic E-state index is 6.01. The van der Waals surface area contributed by atoms with E-state index in [2.05, 4.69) is 61.6 Å². The zero-order valence-corrected chi connectivity index (χ0v) is 19.0. The van der Waals surface area contributed by atoms with Crippen molar-refractivity contribution in [3.63, 3.8) is 0 Å². The number of hydrogen-bond acceptors (Lipinski definition) is 3. The molecule has 2 fully saturated rings. The molecule has 2 saturated heterocycles. The topological polar surface area (TPSA) is 53.8 Å². The molecule has 0 saturated carbocycles. The number of nitrogens with zero attached hydrogens (tertiary/aromatic N) is 3. The molecule has 1 aromatic carbocycles. The average Bonchev–Trinajstić information content (AvgIpc) is 3.34. The van der Waals surface area contributed by atoms with Gasteiger partial charge in [0, 0.05) is 51.0 Å². The van der Waals surface area contributed by atoms with Crippen LogP contribution < -0.4 is 10.6 Å². The average molecular weight is 497 g/mol. The van der Waals surface area contributed by atoms with E-state index in [9.17, 15) is 0 Å².